The number of nitrogen functional groups attached to an aromatic ring is 1. The number of hydrogen-bond donors (Lipinski definition) is 1. The Bertz CT molecular complexity index is 469. The third kappa shape index (κ3) is 1.82. The molecule has 0 unspecified atom stereocenters. The van der Waals surface area contributed by atoms with E-state index in [0.29, 0.717) is 16.0 Å². The summed E-state index contributed by atoms with van der Waals surface area (Å²) in [4.78, 5) is 8.03. The van der Waals surface area contributed by atoms with Gasteiger partial charge in [0.15, 0.2) is 0 Å². The van der Waals surface area contributed by atoms with E-state index < -0.39 is 0 Å². The smallest absolute Gasteiger partial charge is 0.147 e. The molecule has 3 nitrogen and oxygen atoms in total. The average Bonchev–Trinajstić information content (AvgIpc) is 2.57. The topological polar surface area (TPSA) is 51.8 Å². The molecular weight excluding hydrogens is 241 g/mol. The first-order valence-electron chi connectivity index (χ1n) is 3.69. The van der Waals surface area contributed by atoms with Gasteiger partial charge in [0.25, 0.3) is 0 Å². The fraction of sp³-hybridized carbons (Fsp3) is 0. The summed E-state index contributed by atoms with van der Waals surface area (Å²) < 4.78 is 0. The molecule has 0 aliphatic heterocycles. The van der Waals surface area contributed by atoms with E-state index >= 15 is 0 Å². The summed E-state index contributed by atoms with van der Waals surface area (Å²) in [6.07, 6.45) is 1.62. The van der Waals surface area contributed by atoms with Crippen molar-refractivity contribution in [3.63, 3.8) is 0 Å². The molecule has 0 saturated carbocycles. The highest BCUT2D eigenvalue weighted by Crippen LogP contribution is 2.28. The van der Waals surface area contributed by atoms with Gasteiger partial charge in [-0.1, -0.05) is 23.2 Å². The van der Waals surface area contributed by atoms with E-state index in [1.165, 1.54) is 11.3 Å². The Morgan fingerprint density at radius 3 is 2.71 bits per heavy atom. The second-order valence-corrected chi connectivity index (χ2v) is 4.20. The number of nitrogens with two attached hydrogens (primary N) is 1. The first-order chi connectivity index (χ1) is 6.66. The summed E-state index contributed by atoms with van der Waals surface area (Å²) in [7, 11) is 0. The van der Waals surface area contributed by atoms with Gasteiger partial charge in [0.05, 0.1) is 5.02 Å². The van der Waals surface area contributed by atoms with Gasteiger partial charge in [0.1, 0.15) is 16.0 Å². The second-order valence-electron chi connectivity index (χ2n) is 2.57. The van der Waals surface area contributed by atoms with E-state index in [1.807, 2.05) is 0 Å². The van der Waals surface area contributed by atoms with Gasteiger partial charge in [-0.3, -0.25) is 0 Å². The van der Waals surface area contributed by atoms with Crippen LogP contribution in [0.2, 0.25) is 10.2 Å². The lowest BCUT2D eigenvalue weighted by Gasteiger charge is -1.97. The number of nitrogens with zero attached hydrogens (tertiary/aromatic N) is 2. The number of aromatic nitrogens is 2. The van der Waals surface area contributed by atoms with Crippen LogP contribution in [-0.4, -0.2) is 9.97 Å². The molecule has 2 rings (SSSR count). The van der Waals surface area contributed by atoms with E-state index in [1.54, 1.807) is 17.6 Å². The molecule has 2 heterocycles. The van der Waals surface area contributed by atoms with E-state index in [-0.39, 0.29) is 0 Å². The van der Waals surface area contributed by atoms with Crippen molar-refractivity contribution in [1.29, 1.82) is 0 Å². The Hall–Kier alpha value is -0.840. The molecule has 0 saturated heterocycles. The predicted octanol–water partition coefficient (Wildman–Crippen LogP) is 3.09. The molecule has 2 aromatic heterocycles. The minimum Gasteiger partial charge on any atom is -0.383 e. The largest absolute Gasteiger partial charge is 0.383 e. The predicted molar refractivity (Wildman–Crippen MR) is 59.8 cm³/mol. The summed E-state index contributed by atoms with van der Waals surface area (Å²) in [5, 5.41) is 3.25. The fourth-order valence-corrected chi connectivity index (χ4v) is 1.92. The van der Waals surface area contributed by atoms with Crippen LogP contribution in [0.25, 0.3) is 10.6 Å². The SMILES string of the molecule is Nc1csc(-c2cnc(Cl)c(Cl)c2)n1. The maximum Gasteiger partial charge on any atom is 0.147 e. The number of hydrogen-bond acceptors (Lipinski definition) is 4. The zero-order chi connectivity index (χ0) is 10.1. The van der Waals surface area contributed by atoms with Crippen LogP contribution in [0.3, 0.4) is 0 Å². The molecule has 0 aliphatic rings. The van der Waals surface area contributed by atoms with Crippen molar-refractivity contribution in [2.24, 2.45) is 0 Å². The monoisotopic (exact) mass is 245 g/mol. The molecule has 2 aromatic rings. The lowest BCUT2D eigenvalue weighted by molar-refractivity contribution is 1.31. The Morgan fingerprint density at radius 1 is 1.36 bits per heavy atom. The minimum absolute atomic E-state index is 0.292. The van der Waals surface area contributed by atoms with Crippen LogP contribution in [0.5, 0.6) is 0 Å². The molecule has 0 aromatic carbocycles. The molecule has 14 heavy (non-hydrogen) atoms. The summed E-state index contributed by atoms with van der Waals surface area (Å²) in [5.74, 6) is 0.496. The van der Waals surface area contributed by atoms with Crippen molar-refractivity contribution in [2.45, 2.75) is 0 Å². The average molecular weight is 246 g/mol. The van der Waals surface area contributed by atoms with Crippen LogP contribution >= 0.6 is 34.5 Å². The third-order valence-electron chi connectivity index (χ3n) is 1.57. The van der Waals surface area contributed by atoms with Crippen LogP contribution in [0, 0.1) is 0 Å². The van der Waals surface area contributed by atoms with E-state index in [2.05, 4.69) is 9.97 Å². The number of anilines is 1. The molecular formula is C8H5Cl2N3S. The number of rotatable bonds is 1. The number of pyridine rings is 1. The van der Waals surface area contributed by atoms with Crippen LogP contribution in [0.1, 0.15) is 0 Å². The van der Waals surface area contributed by atoms with Crippen LogP contribution < -0.4 is 5.73 Å². The summed E-state index contributed by atoms with van der Waals surface area (Å²) >= 11 is 12.9. The standard InChI is InChI=1S/C8H5Cl2N3S/c9-5-1-4(2-12-7(5)10)8-13-6(11)3-14-8/h1-3H,11H2. The minimum atomic E-state index is 0.292. The van der Waals surface area contributed by atoms with Crippen LogP contribution in [-0.2, 0) is 0 Å². The van der Waals surface area contributed by atoms with Gasteiger partial charge in [0, 0.05) is 17.1 Å². The van der Waals surface area contributed by atoms with Gasteiger partial charge in [-0.15, -0.1) is 11.3 Å². The maximum atomic E-state index is 5.82. The molecule has 2 N–H and O–H groups in total. The molecule has 0 aliphatic carbocycles. The Kier molecular flexibility index (Phi) is 2.58. The molecule has 6 heteroatoms. The van der Waals surface area contributed by atoms with Crippen molar-refractivity contribution < 1.29 is 0 Å². The highest BCUT2D eigenvalue weighted by molar-refractivity contribution is 7.13. The molecule has 72 valence electrons. The van der Waals surface area contributed by atoms with Crippen molar-refractivity contribution in [3.8, 4) is 10.6 Å². The Labute approximate surface area is 94.5 Å². The molecule has 0 atom stereocenters. The molecule has 0 radical (unpaired) electrons. The van der Waals surface area contributed by atoms with Crippen molar-refractivity contribution in [3.05, 3.63) is 27.8 Å². The van der Waals surface area contributed by atoms with Gasteiger partial charge in [-0.25, -0.2) is 9.97 Å². The first-order valence-corrected chi connectivity index (χ1v) is 5.33. The highest BCUT2D eigenvalue weighted by atomic mass is 35.5. The molecule has 0 fully saturated rings. The third-order valence-corrected chi connectivity index (χ3v) is 3.16. The lowest BCUT2D eigenvalue weighted by Crippen LogP contribution is -1.85. The van der Waals surface area contributed by atoms with Gasteiger partial charge in [-0.2, -0.15) is 0 Å². The normalized spacial score (nSPS) is 10.4. The number of halogens is 2. The van der Waals surface area contributed by atoms with Gasteiger partial charge >= 0.3 is 0 Å². The second kappa shape index (κ2) is 3.73. The highest BCUT2D eigenvalue weighted by Gasteiger charge is 2.06. The molecule has 0 bridgehead atoms. The fourth-order valence-electron chi connectivity index (χ4n) is 0.957. The molecule has 0 spiro atoms. The quantitative estimate of drug-likeness (QED) is 0.786. The zero-order valence-electron chi connectivity index (χ0n) is 6.87. The summed E-state index contributed by atoms with van der Waals surface area (Å²) in [5.41, 5.74) is 6.32. The lowest BCUT2D eigenvalue weighted by atomic mass is 10.3. The summed E-state index contributed by atoms with van der Waals surface area (Å²) in [6.45, 7) is 0. The zero-order valence-corrected chi connectivity index (χ0v) is 9.20. The first kappa shape index (κ1) is 9.71. The van der Waals surface area contributed by atoms with Crippen LogP contribution in [0.15, 0.2) is 17.6 Å². The van der Waals surface area contributed by atoms with Gasteiger partial charge in [0.2, 0.25) is 0 Å². The van der Waals surface area contributed by atoms with Gasteiger partial charge < -0.3 is 5.73 Å². The molecule has 0 amide bonds. The van der Waals surface area contributed by atoms with E-state index in [4.69, 9.17) is 28.9 Å². The Morgan fingerprint density at radius 2 is 2.14 bits per heavy atom. The maximum absolute atomic E-state index is 5.82. The Balaban J connectivity index is 2.47. The van der Waals surface area contributed by atoms with E-state index in [0.717, 1.165) is 10.6 Å². The van der Waals surface area contributed by atoms with E-state index in [9.17, 15) is 0 Å². The van der Waals surface area contributed by atoms with Gasteiger partial charge in [-0.05, 0) is 6.07 Å². The van der Waals surface area contributed by atoms with Crippen molar-refractivity contribution in [2.75, 3.05) is 5.73 Å². The summed E-state index contributed by atoms with van der Waals surface area (Å²) in [6, 6.07) is 1.72. The van der Waals surface area contributed by atoms with Crippen LogP contribution in [0.4, 0.5) is 5.82 Å². The van der Waals surface area contributed by atoms with Crippen molar-refractivity contribution in [1.82, 2.24) is 9.97 Å². The van der Waals surface area contributed by atoms with Crippen molar-refractivity contribution >= 4 is 40.4 Å². The number of thiazole rings is 1.